The van der Waals surface area contributed by atoms with E-state index in [4.69, 9.17) is 0 Å². The van der Waals surface area contributed by atoms with Crippen molar-refractivity contribution in [3.8, 4) is 0 Å². The summed E-state index contributed by atoms with van der Waals surface area (Å²) in [4.78, 5) is 12.5. The summed E-state index contributed by atoms with van der Waals surface area (Å²) in [6.07, 6.45) is 4.06. The highest BCUT2D eigenvalue weighted by Gasteiger charge is 2.18. The zero-order valence-electron chi connectivity index (χ0n) is 7.70. The first-order chi connectivity index (χ1) is 5.55. The number of carbonyl (C=O) groups excluding carboxylic acids is 1. The lowest BCUT2D eigenvalue weighted by molar-refractivity contribution is -0.109. The van der Waals surface area contributed by atoms with E-state index in [9.17, 15) is 4.79 Å². The Kier molecular flexibility index (Phi) is 2.58. The molecule has 0 fully saturated rings. The third-order valence-electron chi connectivity index (χ3n) is 2.05. The number of benzene rings is 1. The predicted molar refractivity (Wildman–Crippen MR) is 54.8 cm³/mol. The first-order valence-electron chi connectivity index (χ1n) is 3.84. The summed E-state index contributed by atoms with van der Waals surface area (Å²) in [7, 11) is -1.22. The molecule has 1 aromatic rings. The zero-order valence-corrected chi connectivity index (χ0v) is 8.52. The fourth-order valence-corrected chi connectivity index (χ4v) is 2.10. The van der Waals surface area contributed by atoms with E-state index in [0.717, 1.165) is 4.90 Å². The van der Waals surface area contributed by atoms with Crippen molar-refractivity contribution in [2.24, 2.45) is 0 Å². The van der Waals surface area contributed by atoms with E-state index in [0.29, 0.717) is 0 Å². The van der Waals surface area contributed by atoms with E-state index in [1.54, 1.807) is 6.92 Å². The number of carbonyl (C=O) groups is 1. The summed E-state index contributed by atoms with van der Waals surface area (Å²) < 4.78 is 0. The SMILES string of the molecule is CC(=O)S(C)(C)c1ccccc1. The Hall–Kier alpha value is -0.760. The fraction of sp³-hybridized carbons (Fsp3) is 0.300. The molecular weight excluding hydrogens is 168 g/mol. The molecule has 0 saturated carbocycles. The Bertz CT molecular complexity index is 277. The van der Waals surface area contributed by atoms with Crippen LogP contribution in [0.1, 0.15) is 6.92 Å². The topological polar surface area (TPSA) is 17.1 Å². The van der Waals surface area contributed by atoms with Gasteiger partial charge in [0.05, 0.1) is 0 Å². The number of hydrogen-bond donors (Lipinski definition) is 0. The van der Waals surface area contributed by atoms with Crippen molar-refractivity contribution in [3.63, 3.8) is 0 Å². The van der Waals surface area contributed by atoms with Crippen LogP contribution < -0.4 is 0 Å². The largest absolute Gasteiger partial charge is 0.289 e. The van der Waals surface area contributed by atoms with E-state index in [-0.39, 0.29) is 5.12 Å². The van der Waals surface area contributed by atoms with E-state index in [1.807, 2.05) is 42.8 Å². The van der Waals surface area contributed by atoms with Crippen LogP contribution in [0, 0.1) is 0 Å². The molecule has 0 spiro atoms. The molecule has 0 saturated heterocycles. The molecule has 0 N–H and O–H groups in total. The van der Waals surface area contributed by atoms with Crippen LogP contribution in [0.5, 0.6) is 0 Å². The van der Waals surface area contributed by atoms with Crippen molar-refractivity contribution in [3.05, 3.63) is 30.3 Å². The molecule has 0 unspecified atom stereocenters. The highest BCUT2D eigenvalue weighted by Crippen LogP contribution is 2.49. The van der Waals surface area contributed by atoms with Crippen LogP contribution in [0.2, 0.25) is 0 Å². The Morgan fingerprint density at radius 2 is 1.67 bits per heavy atom. The highest BCUT2D eigenvalue weighted by atomic mass is 32.3. The minimum Gasteiger partial charge on any atom is -0.289 e. The van der Waals surface area contributed by atoms with Gasteiger partial charge in [0.25, 0.3) is 0 Å². The first-order valence-corrected chi connectivity index (χ1v) is 6.29. The lowest BCUT2D eigenvalue weighted by atomic mass is 10.4. The molecule has 2 heteroatoms. The molecule has 0 bridgehead atoms. The lowest BCUT2D eigenvalue weighted by Gasteiger charge is -2.27. The summed E-state index contributed by atoms with van der Waals surface area (Å²) in [6, 6.07) is 9.98. The van der Waals surface area contributed by atoms with Crippen LogP contribution in [0.3, 0.4) is 0 Å². The van der Waals surface area contributed by atoms with E-state index in [2.05, 4.69) is 0 Å². The van der Waals surface area contributed by atoms with E-state index in [1.165, 1.54) is 0 Å². The van der Waals surface area contributed by atoms with Gasteiger partial charge in [-0.15, -0.1) is 0 Å². The molecule has 0 aromatic heterocycles. The maximum Gasteiger partial charge on any atom is 0.172 e. The van der Waals surface area contributed by atoms with Gasteiger partial charge < -0.3 is 0 Å². The standard InChI is InChI=1S/C10H14OS/c1-9(11)12(2,3)10-7-5-4-6-8-10/h4-8H,1-3H3. The Morgan fingerprint density at radius 3 is 2.08 bits per heavy atom. The average molecular weight is 182 g/mol. The van der Waals surface area contributed by atoms with E-state index >= 15 is 0 Å². The molecule has 1 aromatic carbocycles. The maximum absolute atomic E-state index is 11.3. The van der Waals surface area contributed by atoms with Crippen molar-refractivity contribution in [2.45, 2.75) is 11.8 Å². The number of rotatable bonds is 1. The van der Waals surface area contributed by atoms with Gasteiger partial charge in [-0.1, -0.05) is 18.2 Å². The summed E-state index contributed by atoms with van der Waals surface area (Å²) in [5.41, 5.74) is 0. The van der Waals surface area contributed by atoms with Crippen LogP contribution in [0.25, 0.3) is 0 Å². The summed E-state index contributed by atoms with van der Waals surface area (Å²) >= 11 is 0. The Balaban J connectivity index is 3.06. The molecule has 1 rings (SSSR count). The average Bonchev–Trinajstić information content (AvgIpc) is 2.06. The van der Waals surface area contributed by atoms with E-state index < -0.39 is 10.0 Å². The van der Waals surface area contributed by atoms with Crippen LogP contribution in [0.4, 0.5) is 0 Å². The second-order valence-corrected chi connectivity index (χ2v) is 6.83. The highest BCUT2D eigenvalue weighted by molar-refractivity contribution is 8.44. The van der Waals surface area contributed by atoms with Crippen LogP contribution in [0.15, 0.2) is 35.2 Å². The first kappa shape index (κ1) is 9.33. The van der Waals surface area contributed by atoms with Crippen molar-refractivity contribution >= 4 is 15.1 Å². The molecule has 66 valence electrons. The van der Waals surface area contributed by atoms with Crippen molar-refractivity contribution in [1.29, 1.82) is 0 Å². The maximum atomic E-state index is 11.3. The number of hydrogen-bond acceptors (Lipinski definition) is 1. The second kappa shape index (κ2) is 3.31. The van der Waals surface area contributed by atoms with Gasteiger partial charge in [-0.3, -0.25) is 4.79 Å². The van der Waals surface area contributed by atoms with Crippen molar-refractivity contribution < 1.29 is 4.79 Å². The normalized spacial score (nSPS) is 12.6. The molecule has 0 amide bonds. The smallest absolute Gasteiger partial charge is 0.172 e. The zero-order chi connectivity index (χ0) is 9.19. The van der Waals surface area contributed by atoms with Gasteiger partial charge in [-0.25, -0.2) is 0 Å². The molecule has 0 radical (unpaired) electrons. The second-order valence-electron chi connectivity index (χ2n) is 3.13. The van der Waals surface area contributed by atoms with Gasteiger partial charge in [0.15, 0.2) is 5.12 Å². The van der Waals surface area contributed by atoms with Gasteiger partial charge in [0.1, 0.15) is 0 Å². The van der Waals surface area contributed by atoms with Crippen molar-refractivity contribution in [2.75, 3.05) is 12.5 Å². The third-order valence-corrected chi connectivity index (χ3v) is 4.94. The molecule has 12 heavy (non-hydrogen) atoms. The summed E-state index contributed by atoms with van der Waals surface area (Å²) in [5.74, 6) is 0. The minimum atomic E-state index is -1.22. The monoisotopic (exact) mass is 182 g/mol. The van der Waals surface area contributed by atoms with Gasteiger partial charge >= 0.3 is 0 Å². The minimum absolute atomic E-state index is 0.286. The van der Waals surface area contributed by atoms with Gasteiger partial charge in [-0.05, 0) is 29.5 Å². The third kappa shape index (κ3) is 1.69. The quantitative estimate of drug-likeness (QED) is 0.652. The molecule has 0 heterocycles. The van der Waals surface area contributed by atoms with Crippen molar-refractivity contribution in [1.82, 2.24) is 0 Å². The van der Waals surface area contributed by atoms with Gasteiger partial charge in [-0.2, -0.15) is 10.0 Å². The predicted octanol–water partition coefficient (Wildman–Crippen LogP) is 2.66. The van der Waals surface area contributed by atoms with Crippen LogP contribution in [-0.2, 0) is 4.79 Å². The van der Waals surface area contributed by atoms with Crippen LogP contribution >= 0.6 is 10.0 Å². The molecule has 0 aliphatic rings. The Morgan fingerprint density at radius 1 is 1.17 bits per heavy atom. The molecular formula is C10H14OS. The van der Waals surface area contributed by atoms with Crippen LogP contribution in [-0.4, -0.2) is 17.6 Å². The Labute approximate surface area is 75.1 Å². The molecule has 0 aliphatic heterocycles. The summed E-state index contributed by atoms with van der Waals surface area (Å²) in [6.45, 7) is 1.67. The van der Waals surface area contributed by atoms with Gasteiger partial charge in [0.2, 0.25) is 0 Å². The van der Waals surface area contributed by atoms with Gasteiger partial charge in [0, 0.05) is 6.92 Å². The molecule has 0 atom stereocenters. The summed E-state index contributed by atoms with van der Waals surface area (Å²) in [5, 5.41) is 0.286. The molecule has 0 aliphatic carbocycles. The lowest BCUT2D eigenvalue weighted by Crippen LogP contribution is -2.05. The fourth-order valence-electron chi connectivity index (χ4n) is 0.927. The molecule has 1 nitrogen and oxygen atoms in total.